The van der Waals surface area contributed by atoms with E-state index in [2.05, 4.69) is 26.2 Å². The maximum atomic E-state index is 12.3. The van der Waals surface area contributed by atoms with Crippen molar-refractivity contribution in [1.82, 2.24) is 14.7 Å². The van der Waals surface area contributed by atoms with Crippen LogP contribution in [0.3, 0.4) is 0 Å². The molecule has 2 aromatic rings. The van der Waals surface area contributed by atoms with Gasteiger partial charge < -0.3 is 10.4 Å². The number of amides is 1. The standard InChI is InChI=1S/C14H16BrN3O3/c1-8-6-10(15)7-18-12(9(2)17-13(8)18)14(21)16-5-3-4-11(19)20/h6-7H,3-5H2,1-2H3,(H,16,21)(H,19,20). The average Bonchev–Trinajstić information content (AvgIpc) is 2.71. The summed E-state index contributed by atoms with van der Waals surface area (Å²) in [5.41, 5.74) is 2.83. The van der Waals surface area contributed by atoms with E-state index in [1.165, 1.54) is 0 Å². The highest BCUT2D eigenvalue weighted by atomic mass is 79.9. The lowest BCUT2D eigenvalue weighted by Crippen LogP contribution is -2.26. The van der Waals surface area contributed by atoms with Gasteiger partial charge in [0.25, 0.3) is 5.91 Å². The molecule has 1 amide bonds. The third-order valence-corrected chi connectivity index (χ3v) is 3.55. The van der Waals surface area contributed by atoms with Crippen molar-refractivity contribution >= 4 is 33.5 Å². The minimum Gasteiger partial charge on any atom is -0.481 e. The maximum absolute atomic E-state index is 12.3. The van der Waals surface area contributed by atoms with E-state index in [0.29, 0.717) is 24.4 Å². The van der Waals surface area contributed by atoms with Gasteiger partial charge in [-0.2, -0.15) is 0 Å². The van der Waals surface area contributed by atoms with Crippen LogP contribution in [0, 0.1) is 13.8 Å². The lowest BCUT2D eigenvalue weighted by atomic mass is 10.3. The smallest absolute Gasteiger partial charge is 0.303 e. The van der Waals surface area contributed by atoms with E-state index in [9.17, 15) is 9.59 Å². The molecule has 0 aliphatic heterocycles. The van der Waals surface area contributed by atoms with Crippen molar-refractivity contribution < 1.29 is 14.7 Å². The van der Waals surface area contributed by atoms with Crippen molar-refractivity contribution in [3.8, 4) is 0 Å². The van der Waals surface area contributed by atoms with E-state index >= 15 is 0 Å². The van der Waals surface area contributed by atoms with Crippen LogP contribution in [0.15, 0.2) is 16.7 Å². The van der Waals surface area contributed by atoms with Gasteiger partial charge >= 0.3 is 5.97 Å². The third-order valence-electron chi connectivity index (χ3n) is 3.11. The zero-order valence-electron chi connectivity index (χ0n) is 11.8. The molecule has 0 saturated carbocycles. The SMILES string of the molecule is Cc1nc2c(C)cc(Br)cn2c1C(=O)NCCCC(=O)O. The summed E-state index contributed by atoms with van der Waals surface area (Å²) in [7, 11) is 0. The molecule has 0 fully saturated rings. The molecule has 0 unspecified atom stereocenters. The number of rotatable bonds is 5. The maximum Gasteiger partial charge on any atom is 0.303 e. The van der Waals surface area contributed by atoms with Crippen LogP contribution in [-0.2, 0) is 4.79 Å². The van der Waals surface area contributed by atoms with E-state index in [4.69, 9.17) is 5.11 Å². The number of carboxylic acid groups (broad SMARTS) is 1. The van der Waals surface area contributed by atoms with Crippen LogP contribution >= 0.6 is 15.9 Å². The zero-order valence-corrected chi connectivity index (χ0v) is 13.4. The van der Waals surface area contributed by atoms with Gasteiger partial charge in [-0.1, -0.05) is 0 Å². The van der Waals surface area contributed by atoms with Gasteiger partial charge in [-0.3, -0.25) is 14.0 Å². The van der Waals surface area contributed by atoms with Crippen molar-refractivity contribution in [2.75, 3.05) is 6.54 Å². The number of aliphatic carboxylic acids is 1. The third kappa shape index (κ3) is 3.41. The fraction of sp³-hybridized carbons (Fsp3) is 0.357. The van der Waals surface area contributed by atoms with Gasteiger partial charge in [-0.05, 0) is 47.8 Å². The Labute approximate surface area is 130 Å². The fourth-order valence-corrected chi connectivity index (χ4v) is 2.73. The van der Waals surface area contributed by atoms with Crippen molar-refractivity contribution in [3.05, 3.63) is 33.7 Å². The molecule has 0 saturated heterocycles. The summed E-state index contributed by atoms with van der Waals surface area (Å²) >= 11 is 3.41. The number of carbonyl (C=O) groups excluding carboxylic acids is 1. The number of pyridine rings is 1. The molecule has 21 heavy (non-hydrogen) atoms. The normalized spacial score (nSPS) is 10.8. The highest BCUT2D eigenvalue weighted by molar-refractivity contribution is 9.10. The molecule has 0 radical (unpaired) electrons. The molecule has 2 N–H and O–H groups in total. The predicted molar refractivity (Wildman–Crippen MR) is 81.6 cm³/mol. The summed E-state index contributed by atoms with van der Waals surface area (Å²) in [5.74, 6) is -1.11. The summed E-state index contributed by atoms with van der Waals surface area (Å²) in [6, 6.07) is 1.94. The molecule has 2 aromatic heterocycles. The quantitative estimate of drug-likeness (QED) is 0.807. The van der Waals surface area contributed by atoms with Gasteiger partial charge in [0.15, 0.2) is 0 Å². The summed E-state index contributed by atoms with van der Waals surface area (Å²) in [6.07, 6.45) is 2.24. The topological polar surface area (TPSA) is 83.7 Å². The monoisotopic (exact) mass is 353 g/mol. The second-order valence-electron chi connectivity index (χ2n) is 4.83. The van der Waals surface area contributed by atoms with Crippen molar-refractivity contribution in [3.63, 3.8) is 0 Å². The summed E-state index contributed by atoms with van der Waals surface area (Å²) in [5, 5.41) is 11.3. The van der Waals surface area contributed by atoms with Gasteiger partial charge in [-0.15, -0.1) is 0 Å². The van der Waals surface area contributed by atoms with Crippen LogP contribution in [0.25, 0.3) is 5.65 Å². The van der Waals surface area contributed by atoms with Crippen LogP contribution in [-0.4, -0.2) is 32.9 Å². The second-order valence-corrected chi connectivity index (χ2v) is 5.75. The molecule has 2 rings (SSSR count). The first-order valence-corrected chi connectivity index (χ1v) is 7.34. The zero-order chi connectivity index (χ0) is 15.6. The Morgan fingerprint density at radius 3 is 2.81 bits per heavy atom. The lowest BCUT2D eigenvalue weighted by molar-refractivity contribution is -0.137. The highest BCUT2D eigenvalue weighted by Gasteiger charge is 2.17. The first-order valence-electron chi connectivity index (χ1n) is 6.55. The number of nitrogens with one attached hydrogen (secondary N) is 1. The van der Waals surface area contributed by atoms with E-state index in [-0.39, 0.29) is 12.3 Å². The Hall–Kier alpha value is -1.89. The van der Waals surface area contributed by atoms with Gasteiger partial charge in [0.2, 0.25) is 0 Å². The number of hydrogen-bond acceptors (Lipinski definition) is 3. The molecule has 0 bridgehead atoms. The molecule has 112 valence electrons. The number of carbonyl (C=O) groups is 2. The van der Waals surface area contributed by atoms with Gasteiger partial charge in [0.1, 0.15) is 11.3 Å². The molecule has 7 heteroatoms. The van der Waals surface area contributed by atoms with Crippen molar-refractivity contribution in [2.45, 2.75) is 26.7 Å². The van der Waals surface area contributed by atoms with E-state index in [0.717, 1.165) is 15.7 Å². The Bertz CT molecular complexity index is 709. The lowest BCUT2D eigenvalue weighted by Gasteiger charge is -2.06. The summed E-state index contributed by atoms with van der Waals surface area (Å²) in [4.78, 5) is 27.1. The highest BCUT2D eigenvalue weighted by Crippen LogP contribution is 2.20. The predicted octanol–water partition coefficient (Wildman–Crippen LogP) is 2.31. The number of fused-ring (bicyclic) bond motifs is 1. The van der Waals surface area contributed by atoms with Gasteiger partial charge in [0.05, 0.1) is 5.69 Å². The van der Waals surface area contributed by atoms with Crippen LogP contribution in [0.1, 0.15) is 34.6 Å². The number of nitrogens with zero attached hydrogens (tertiary/aromatic N) is 2. The number of halogens is 1. The van der Waals surface area contributed by atoms with Crippen LogP contribution in [0.5, 0.6) is 0 Å². The van der Waals surface area contributed by atoms with Crippen molar-refractivity contribution in [1.29, 1.82) is 0 Å². The molecule has 6 nitrogen and oxygen atoms in total. The van der Waals surface area contributed by atoms with Gasteiger partial charge in [0, 0.05) is 23.6 Å². The van der Waals surface area contributed by atoms with Gasteiger partial charge in [-0.25, -0.2) is 4.98 Å². The summed E-state index contributed by atoms with van der Waals surface area (Å²) < 4.78 is 2.62. The van der Waals surface area contributed by atoms with E-state index in [1.807, 2.05) is 13.0 Å². The van der Waals surface area contributed by atoms with E-state index in [1.54, 1.807) is 17.5 Å². The minimum atomic E-state index is -0.866. The summed E-state index contributed by atoms with van der Waals surface area (Å²) in [6.45, 7) is 4.04. The second kappa shape index (κ2) is 6.26. The minimum absolute atomic E-state index is 0.0388. The van der Waals surface area contributed by atoms with Crippen LogP contribution < -0.4 is 5.32 Å². The number of imidazole rings is 1. The Morgan fingerprint density at radius 1 is 1.43 bits per heavy atom. The Morgan fingerprint density at radius 2 is 2.14 bits per heavy atom. The molecule has 0 aliphatic rings. The molecular formula is C14H16BrN3O3. The number of aryl methyl sites for hydroxylation is 2. The largest absolute Gasteiger partial charge is 0.481 e. The first-order chi connectivity index (χ1) is 9.90. The van der Waals surface area contributed by atoms with Crippen LogP contribution in [0.2, 0.25) is 0 Å². The number of aromatic nitrogens is 2. The van der Waals surface area contributed by atoms with E-state index < -0.39 is 5.97 Å². The molecular weight excluding hydrogens is 338 g/mol. The molecule has 0 atom stereocenters. The first kappa shape index (κ1) is 15.5. The average molecular weight is 354 g/mol. The molecule has 2 heterocycles. The molecule has 0 aromatic carbocycles. The number of hydrogen-bond donors (Lipinski definition) is 2. The Balaban J connectivity index is 2.23. The Kier molecular flexibility index (Phi) is 4.62. The fourth-order valence-electron chi connectivity index (χ4n) is 2.18. The van der Waals surface area contributed by atoms with Crippen LogP contribution in [0.4, 0.5) is 0 Å². The van der Waals surface area contributed by atoms with Crippen molar-refractivity contribution in [2.24, 2.45) is 0 Å². The molecule has 0 aliphatic carbocycles. The molecule has 0 spiro atoms. The number of carboxylic acids is 1.